The summed E-state index contributed by atoms with van der Waals surface area (Å²) in [5.74, 6) is -2.90. The molecule has 0 bridgehead atoms. The molecule has 10 heteroatoms. The van der Waals surface area contributed by atoms with Crippen LogP contribution in [0.4, 0.5) is 22.0 Å². The molecule has 0 heterocycles. The van der Waals surface area contributed by atoms with Gasteiger partial charge < -0.3 is 15.2 Å². The van der Waals surface area contributed by atoms with E-state index in [0.29, 0.717) is 18.4 Å². The van der Waals surface area contributed by atoms with Gasteiger partial charge in [-0.05, 0) is 61.2 Å². The van der Waals surface area contributed by atoms with Gasteiger partial charge in [0.25, 0.3) is 0 Å². The Morgan fingerprint density at radius 2 is 1.84 bits per heavy atom. The van der Waals surface area contributed by atoms with E-state index < -0.39 is 47.9 Å². The van der Waals surface area contributed by atoms with Crippen molar-refractivity contribution in [1.29, 1.82) is 0 Å². The largest absolute Gasteiger partial charge is 0.484 e. The molecule has 0 radical (unpaired) electrons. The number of carbonyl (C=O) groups excluding carboxylic acids is 1. The van der Waals surface area contributed by atoms with Crippen LogP contribution in [0.25, 0.3) is 0 Å². The van der Waals surface area contributed by atoms with Gasteiger partial charge in [0.2, 0.25) is 5.91 Å². The topological polar surface area (TPSA) is 58.6 Å². The fourth-order valence-corrected chi connectivity index (χ4v) is 3.48. The molecular weight excluding hydrogens is 445 g/mol. The lowest BCUT2D eigenvalue weighted by Crippen LogP contribution is -2.39. The number of hydrogen-bond donors (Lipinski definition) is 2. The summed E-state index contributed by atoms with van der Waals surface area (Å²) in [5.41, 5.74) is -2.14. The highest BCUT2D eigenvalue weighted by Gasteiger charge is 2.47. The van der Waals surface area contributed by atoms with Crippen molar-refractivity contribution in [3.8, 4) is 5.75 Å². The van der Waals surface area contributed by atoms with Crippen LogP contribution in [0.2, 0.25) is 5.02 Å². The number of benzene rings is 2. The van der Waals surface area contributed by atoms with Crippen molar-refractivity contribution in [2.24, 2.45) is 0 Å². The predicted octanol–water partition coefficient (Wildman–Crippen LogP) is 4.96. The number of rotatable bonds is 7. The zero-order valence-corrected chi connectivity index (χ0v) is 17.1. The van der Waals surface area contributed by atoms with Gasteiger partial charge in [-0.25, -0.2) is 8.78 Å². The normalized spacial score (nSPS) is 17.0. The van der Waals surface area contributed by atoms with Gasteiger partial charge in [-0.3, -0.25) is 4.79 Å². The average Bonchev–Trinajstić information content (AvgIpc) is 3.41. The first-order valence-corrected chi connectivity index (χ1v) is 9.67. The summed E-state index contributed by atoms with van der Waals surface area (Å²) in [6.07, 6.45) is -3.95. The number of alkyl halides is 3. The van der Waals surface area contributed by atoms with E-state index in [-0.39, 0.29) is 16.3 Å². The van der Waals surface area contributed by atoms with Gasteiger partial charge in [-0.2, -0.15) is 13.2 Å². The third-order valence-electron chi connectivity index (χ3n) is 5.00. The van der Waals surface area contributed by atoms with Gasteiger partial charge in [0.1, 0.15) is 5.75 Å². The first-order valence-electron chi connectivity index (χ1n) is 9.29. The minimum absolute atomic E-state index is 0.0250. The van der Waals surface area contributed by atoms with Crippen LogP contribution in [0.3, 0.4) is 0 Å². The highest BCUT2D eigenvalue weighted by Crippen LogP contribution is 2.47. The maximum atomic E-state index is 13.5. The molecule has 3 rings (SSSR count). The van der Waals surface area contributed by atoms with Crippen LogP contribution in [-0.4, -0.2) is 23.8 Å². The van der Waals surface area contributed by atoms with E-state index in [1.807, 2.05) is 0 Å². The smallest absolute Gasteiger partial charge is 0.422 e. The molecule has 1 aliphatic carbocycles. The van der Waals surface area contributed by atoms with Crippen molar-refractivity contribution < 1.29 is 36.6 Å². The second-order valence-electron chi connectivity index (χ2n) is 7.79. The number of aliphatic hydroxyl groups is 1. The van der Waals surface area contributed by atoms with Crippen LogP contribution in [0.5, 0.6) is 5.75 Å². The number of nitrogens with one attached hydrogen (secondary N) is 1. The van der Waals surface area contributed by atoms with Gasteiger partial charge in [0, 0.05) is 5.02 Å². The number of halogens is 6. The SMILES string of the molecule is C[C@@](O)(CC(=O)NC1(c2cc(Cl)cc(OCC(F)(F)F)c2)CC1)c1ccc(F)c(F)c1. The van der Waals surface area contributed by atoms with E-state index in [0.717, 1.165) is 12.1 Å². The van der Waals surface area contributed by atoms with Crippen LogP contribution in [0.15, 0.2) is 36.4 Å². The van der Waals surface area contributed by atoms with Crippen molar-refractivity contribution in [3.05, 3.63) is 64.2 Å². The molecule has 0 spiro atoms. The zero-order valence-electron chi connectivity index (χ0n) is 16.3. The molecule has 0 aromatic heterocycles. The maximum Gasteiger partial charge on any atom is 0.422 e. The number of hydrogen-bond acceptors (Lipinski definition) is 3. The third kappa shape index (κ3) is 5.86. The minimum Gasteiger partial charge on any atom is -0.484 e. The van der Waals surface area contributed by atoms with Crippen LogP contribution in [0.1, 0.15) is 37.3 Å². The minimum atomic E-state index is -4.51. The molecule has 4 nitrogen and oxygen atoms in total. The van der Waals surface area contributed by atoms with E-state index in [9.17, 15) is 31.9 Å². The lowest BCUT2D eigenvalue weighted by atomic mass is 9.91. The number of amides is 1. The van der Waals surface area contributed by atoms with Gasteiger partial charge in [-0.15, -0.1) is 0 Å². The number of carbonyl (C=O) groups is 1. The molecule has 0 saturated heterocycles. The second-order valence-corrected chi connectivity index (χ2v) is 8.23. The molecule has 1 fully saturated rings. The summed E-state index contributed by atoms with van der Waals surface area (Å²) in [4.78, 5) is 12.6. The Labute approximate surface area is 180 Å². The van der Waals surface area contributed by atoms with Crippen molar-refractivity contribution in [2.75, 3.05) is 6.61 Å². The number of ether oxygens (including phenoxy) is 1. The lowest BCUT2D eigenvalue weighted by molar-refractivity contribution is -0.153. The molecule has 0 aliphatic heterocycles. The Hall–Kier alpha value is -2.39. The summed E-state index contributed by atoms with van der Waals surface area (Å²) in [5, 5.41) is 13.5. The monoisotopic (exact) mass is 463 g/mol. The Bertz CT molecular complexity index is 989. The van der Waals surface area contributed by atoms with Crippen LogP contribution >= 0.6 is 11.6 Å². The van der Waals surface area contributed by atoms with Gasteiger partial charge in [0.15, 0.2) is 18.2 Å². The third-order valence-corrected chi connectivity index (χ3v) is 5.22. The summed E-state index contributed by atoms with van der Waals surface area (Å²) in [6, 6.07) is 6.98. The maximum absolute atomic E-state index is 13.5. The van der Waals surface area contributed by atoms with Gasteiger partial charge >= 0.3 is 6.18 Å². The summed E-state index contributed by atoms with van der Waals surface area (Å²) < 4.78 is 68.6. The summed E-state index contributed by atoms with van der Waals surface area (Å²) >= 11 is 6.00. The van der Waals surface area contributed by atoms with E-state index >= 15 is 0 Å². The molecule has 2 aromatic carbocycles. The van der Waals surface area contributed by atoms with Crippen molar-refractivity contribution in [3.63, 3.8) is 0 Å². The molecule has 2 aromatic rings. The molecular formula is C21H19ClF5NO3. The Morgan fingerprint density at radius 3 is 2.42 bits per heavy atom. The quantitative estimate of drug-likeness (QED) is 0.570. The second kappa shape index (κ2) is 8.27. The van der Waals surface area contributed by atoms with Gasteiger partial charge in [0.05, 0.1) is 17.6 Å². The van der Waals surface area contributed by atoms with Crippen molar-refractivity contribution >= 4 is 17.5 Å². The lowest BCUT2D eigenvalue weighted by Gasteiger charge is -2.26. The van der Waals surface area contributed by atoms with E-state index in [2.05, 4.69) is 5.32 Å². The molecule has 1 saturated carbocycles. The fourth-order valence-electron chi connectivity index (χ4n) is 3.26. The zero-order chi connectivity index (χ0) is 23.0. The van der Waals surface area contributed by atoms with Crippen LogP contribution in [-0.2, 0) is 15.9 Å². The molecule has 168 valence electrons. The summed E-state index contributed by atoms with van der Waals surface area (Å²) in [6.45, 7) is -0.190. The molecule has 1 aliphatic rings. The van der Waals surface area contributed by atoms with E-state index in [1.54, 1.807) is 0 Å². The summed E-state index contributed by atoms with van der Waals surface area (Å²) in [7, 11) is 0. The molecule has 1 atom stereocenters. The van der Waals surface area contributed by atoms with Crippen LogP contribution in [0, 0.1) is 11.6 Å². The molecule has 1 amide bonds. The Balaban J connectivity index is 1.72. The molecule has 0 unspecified atom stereocenters. The fraction of sp³-hybridized carbons (Fsp3) is 0.381. The average molecular weight is 464 g/mol. The Kier molecular flexibility index (Phi) is 6.21. The van der Waals surface area contributed by atoms with Crippen molar-refractivity contribution in [1.82, 2.24) is 5.32 Å². The van der Waals surface area contributed by atoms with Crippen molar-refractivity contribution in [2.45, 2.75) is 43.5 Å². The predicted molar refractivity (Wildman–Crippen MR) is 103 cm³/mol. The van der Waals surface area contributed by atoms with E-state index in [4.69, 9.17) is 16.3 Å². The highest BCUT2D eigenvalue weighted by atomic mass is 35.5. The first-order chi connectivity index (χ1) is 14.3. The molecule has 2 N–H and O–H groups in total. The highest BCUT2D eigenvalue weighted by molar-refractivity contribution is 6.30. The van der Waals surface area contributed by atoms with Crippen LogP contribution < -0.4 is 10.1 Å². The Morgan fingerprint density at radius 1 is 1.16 bits per heavy atom. The first kappa shape index (κ1) is 23.3. The standard InChI is InChI=1S/C21H19ClF5NO3/c1-19(30,12-2-3-16(23)17(24)8-12)10-18(29)28-20(4-5-20)13-6-14(22)9-15(7-13)31-11-21(25,26)27/h2-3,6-9,30H,4-5,10-11H2,1H3,(H,28,29)/t19-/m1/s1. The molecule has 31 heavy (non-hydrogen) atoms. The van der Waals surface area contributed by atoms with Gasteiger partial charge in [-0.1, -0.05) is 17.7 Å². The van der Waals surface area contributed by atoms with E-state index in [1.165, 1.54) is 31.2 Å².